The maximum absolute atomic E-state index is 12.6. The van der Waals surface area contributed by atoms with Gasteiger partial charge >= 0.3 is 18.1 Å². The van der Waals surface area contributed by atoms with Crippen LogP contribution >= 0.6 is 0 Å². The fourth-order valence-electron chi connectivity index (χ4n) is 3.26. The van der Waals surface area contributed by atoms with Gasteiger partial charge < -0.3 is 21.2 Å². The molecule has 0 aliphatic rings. The van der Waals surface area contributed by atoms with Crippen LogP contribution in [0.2, 0.25) is 0 Å². The van der Waals surface area contributed by atoms with Gasteiger partial charge in [-0.2, -0.15) is 4.90 Å². The highest BCUT2D eigenvalue weighted by Gasteiger charge is 2.28. The van der Waals surface area contributed by atoms with Crippen LogP contribution < -0.4 is 16.0 Å². The molecule has 0 bridgehead atoms. The van der Waals surface area contributed by atoms with E-state index in [1.54, 1.807) is 0 Å². The van der Waals surface area contributed by atoms with Gasteiger partial charge in [-0.15, -0.1) is 0 Å². The molecule has 0 saturated heterocycles. The number of carbonyl (C=O) groups is 3. The van der Waals surface area contributed by atoms with Crippen molar-refractivity contribution in [3.8, 4) is 6.07 Å². The topological polar surface area (TPSA) is 177 Å². The smallest absolute Gasteiger partial charge is 0.333 e. The van der Waals surface area contributed by atoms with Crippen LogP contribution in [0.5, 0.6) is 0 Å². The highest BCUT2D eigenvalue weighted by molar-refractivity contribution is 6.09. The first kappa shape index (κ1) is 33.3. The minimum atomic E-state index is -0.806. The molecule has 6 amide bonds. The number of imide groups is 3. The van der Waals surface area contributed by atoms with Crippen LogP contribution in [-0.2, 0) is 9.59 Å². The van der Waals surface area contributed by atoms with E-state index in [-0.39, 0.29) is 0 Å². The fraction of sp³-hybridized carbons (Fsp3) is 0.750. The molecule has 0 atom stereocenters. The number of aliphatic imine (C=N–C) groups is 2. The summed E-state index contributed by atoms with van der Waals surface area (Å²) in [5.74, 6) is 0. The van der Waals surface area contributed by atoms with Crippen molar-refractivity contribution >= 4 is 30.3 Å². The second-order valence-corrected chi connectivity index (χ2v) is 8.22. The average Bonchev–Trinajstić information content (AvgIpc) is 2.89. The second kappa shape index (κ2) is 25.4. The lowest BCUT2D eigenvalue weighted by Crippen LogP contribution is -2.55. The van der Waals surface area contributed by atoms with E-state index in [1.165, 1.54) is 12.2 Å². The second-order valence-electron chi connectivity index (χ2n) is 8.22. The third-order valence-electron chi connectivity index (χ3n) is 5.24. The van der Waals surface area contributed by atoms with E-state index in [1.807, 2.05) is 0 Å². The Morgan fingerprint density at radius 3 is 1.38 bits per heavy atom. The molecule has 13 heteroatoms. The fourth-order valence-corrected chi connectivity index (χ4v) is 3.26. The third kappa shape index (κ3) is 20.2. The third-order valence-corrected chi connectivity index (χ3v) is 5.24. The van der Waals surface area contributed by atoms with Crippen LogP contribution in [-0.4, -0.2) is 67.9 Å². The van der Waals surface area contributed by atoms with E-state index in [9.17, 15) is 29.2 Å². The first-order valence-electron chi connectivity index (χ1n) is 12.8. The molecule has 0 heterocycles. The molecule has 3 N–H and O–H groups in total. The quantitative estimate of drug-likeness (QED) is 0.0943. The zero-order chi connectivity index (χ0) is 27.4. The Balaban J connectivity index is 4.55. The normalized spacial score (nSPS) is 9.62. The molecule has 206 valence electrons. The van der Waals surface area contributed by atoms with Crippen molar-refractivity contribution in [2.24, 2.45) is 9.98 Å². The Morgan fingerprint density at radius 1 is 0.622 bits per heavy atom. The van der Waals surface area contributed by atoms with E-state index < -0.39 is 18.1 Å². The predicted molar refractivity (Wildman–Crippen MR) is 139 cm³/mol. The van der Waals surface area contributed by atoms with Gasteiger partial charge in [-0.3, -0.25) is 0 Å². The zero-order valence-corrected chi connectivity index (χ0v) is 21.5. The molecule has 37 heavy (non-hydrogen) atoms. The molecule has 0 aliphatic heterocycles. The van der Waals surface area contributed by atoms with Crippen LogP contribution in [0.15, 0.2) is 9.98 Å². The van der Waals surface area contributed by atoms with E-state index in [0.717, 1.165) is 57.8 Å². The number of urea groups is 3. The molecule has 0 saturated carbocycles. The number of rotatable bonds is 20. The molecule has 0 aromatic carbocycles. The molecule has 0 unspecified atom stereocenters. The largest absolute Gasteiger partial charge is 0.498 e. The van der Waals surface area contributed by atoms with Crippen molar-refractivity contribution < 1.29 is 24.0 Å². The summed E-state index contributed by atoms with van der Waals surface area (Å²) in [6.07, 6.45) is 12.6. The van der Waals surface area contributed by atoms with E-state index in [2.05, 4.69) is 37.0 Å². The van der Waals surface area contributed by atoms with Gasteiger partial charge in [0.25, 0.3) is 6.07 Å². The first-order chi connectivity index (χ1) is 18.1. The molecule has 13 nitrogen and oxygen atoms in total. The molecule has 0 rings (SSSR count). The van der Waals surface area contributed by atoms with Crippen LogP contribution in [0.25, 0.3) is 5.01 Å². The van der Waals surface area contributed by atoms with Gasteiger partial charge in [-0.1, -0.05) is 38.5 Å². The summed E-state index contributed by atoms with van der Waals surface area (Å²) in [5.41, 5.74) is 0. The van der Waals surface area contributed by atoms with Gasteiger partial charge in [0.05, 0.1) is 19.5 Å². The summed E-state index contributed by atoms with van der Waals surface area (Å²) in [7, 11) is 0. The Labute approximate surface area is 217 Å². The molecular formula is C24H39N7O6. The minimum absolute atomic E-state index is 0.291. The van der Waals surface area contributed by atoms with Gasteiger partial charge in [0, 0.05) is 24.6 Å². The predicted octanol–water partition coefficient (Wildman–Crippen LogP) is 3.99. The minimum Gasteiger partial charge on any atom is -0.498 e. The van der Waals surface area contributed by atoms with Gasteiger partial charge in [0.1, 0.15) is 0 Å². The highest BCUT2D eigenvalue weighted by Crippen LogP contribution is 2.04. The van der Waals surface area contributed by atoms with Crippen LogP contribution in [0, 0.1) is 11.3 Å². The molecular weight excluding hydrogens is 482 g/mol. The number of hydrogen-bond donors (Lipinski definition) is 3. The number of unbranched alkanes of at least 4 members (excludes halogenated alkanes) is 10. The highest BCUT2D eigenvalue weighted by atomic mass is 16.4. The monoisotopic (exact) mass is 521 g/mol. The van der Waals surface area contributed by atoms with Crippen LogP contribution in [0.1, 0.15) is 83.5 Å². The number of carbonyl (C=O) groups excluding carboxylic acids is 5. The van der Waals surface area contributed by atoms with Crippen LogP contribution in [0.3, 0.4) is 0 Å². The average molecular weight is 522 g/mol. The van der Waals surface area contributed by atoms with E-state index in [0.29, 0.717) is 63.3 Å². The number of nitrogens with zero attached hydrogens (tertiary/aromatic N) is 4. The summed E-state index contributed by atoms with van der Waals surface area (Å²) >= 11 is 0. The summed E-state index contributed by atoms with van der Waals surface area (Å²) in [6, 6.07) is -0.0799. The Bertz CT molecular complexity index is 770. The maximum atomic E-state index is 12.6. The van der Waals surface area contributed by atoms with Gasteiger partial charge in [0.2, 0.25) is 12.2 Å². The maximum Gasteiger partial charge on any atom is 0.333 e. The molecule has 0 aliphatic carbocycles. The van der Waals surface area contributed by atoms with Crippen molar-refractivity contribution in [2.45, 2.75) is 83.5 Å². The lowest BCUT2D eigenvalue weighted by Gasteiger charge is -2.20. The number of hydrogen-bond acceptors (Lipinski definition) is 8. The number of isocyanates is 2. The van der Waals surface area contributed by atoms with Crippen molar-refractivity contribution in [2.75, 3.05) is 32.7 Å². The molecule has 0 radical (unpaired) electrons. The first-order valence-corrected chi connectivity index (χ1v) is 12.8. The lowest BCUT2D eigenvalue weighted by molar-refractivity contribution is 0.179. The van der Waals surface area contributed by atoms with Crippen molar-refractivity contribution in [3.63, 3.8) is 0 Å². The Kier molecular flexibility index (Phi) is 22.8. The van der Waals surface area contributed by atoms with Crippen LogP contribution in [0.4, 0.5) is 14.4 Å². The molecule has 0 aromatic heterocycles. The van der Waals surface area contributed by atoms with Crippen molar-refractivity contribution in [1.82, 2.24) is 20.9 Å². The molecule has 0 aromatic rings. The Hall–Kier alpha value is -3.74. The van der Waals surface area contributed by atoms with E-state index >= 15 is 0 Å². The SMILES string of the molecule is O=C=NCCCCCCNC(=O)N(C(=O)NCCCCCCC#[N+][O-])C(=O)NCCCCCCN=C=O. The van der Waals surface area contributed by atoms with E-state index in [4.69, 9.17) is 0 Å². The Morgan fingerprint density at radius 2 is 1.00 bits per heavy atom. The molecule has 0 spiro atoms. The van der Waals surface area contributed by atoms with Gasteiger partial charge in [0.15, 0.2) is 0 Å². The summed E-state index contributed by atoms with van der Waals surface area (Å²) in [5, 5.41) is 20.4. The van der Waals surface area contributed by atoms with Crippen molar-refractivity contribution in [1.29, 1.82) is 0 Å². The number of nitrogens with one attached hydrogen (secondary N) is 3. The van der Waals surface area contributed by atoms with Gasteiger partial charge in [-0.25, -0.2) is 34.0 Å². The summed E-state index contributed by atoms with van der Waals surface area (Å²) in [6.45, 7) is 1.72. The standard InChI is InChI=1S/C24H39N7O6/c32-20-25-14-8-4-6-11-17-28-23(35)31(22(34)27-16-10-2-1-3-13-19-30-37)24(36)29-18-12-7-5-9-15-26-21-33/h1-18H2,(H,27,34)(H,28,35)(H,29,36). The molecule has 0 fully saturated rings. The zero-order valence-electron chi connectivity index (χ0n) is 21.5. The van der Waals surface area contributed by atoms with Gasteiger partial charge in [-0.05, 0) is 38.5 Å². The summed E-state index contributed by atoms with van der Waals surface area (Å²) < 4.78 is 0. The van der Waals surface area contributed by atoms with Crippen molar-refractivity contribution in [3.05, 3.63) is 10.2 Å². The lowest BCUT2D eigenvalue weighted by atomic mass is 10.1. The number of amides is 6. The summed E-state index contributed by atoms with van der Waals surface area (Å²) in [4.78, 5) is 65.5.